The third-order valence-electron chi connectivity index (χ3n) is 4.09. The van der Waals surface area contributed by atoms with Crippen LogP contribution in [0.5, 0.6) is 0 Å². The van der Waals surface area contributed by atoms with Crippen molar-refractivity contribution in [2.75, 3.05) is 13.2 Å². The molecule has 2 aliphatic heterocycles. The lowest BCUT2D eigenvalue weighted by atomic mass is 9.97. The van der Waals surface area contributed by atoms with Gasteiger partial charge in [-0.25, -0.2) is 5.90 Å². The number of hydrogen-bond acceptors (Lipinski definition) is 12. The van der Waals surface area contributed by atoms with Crippen molar-refractivity contribution in [3.63, 3.8) is 0 Å². The van der Waals surface area contributed by atoms with Crippen LogP contribution in [0.3, 0.4) is 0 Å². The molecule has 0 aromatic heterocycles. The van der Waals surface area contributed by atoms with Crippen molar-refractivity contribution in [2.45, 2.75) is 61.4 Å². The highest BCUT2D eigenvalue weighted by Gasteiger charge is 2.50. The zero-order valence-corrected chi connectivity index (χ0v) is 12.5. The van der Waals surface area contributed by atoms with E-state index < -0.39 is 74.6 Å². The predicted octanol–water partition coefficient (Wildman–Crippen LogP) is -5.50. The Morgan fingerprint density at radius 1 is 0.708 bits per heavy atom. The van der Waals surface area contributed by atoms with E-state index in [1.165, 1.54) is 0 Å². The van der Waals surface area contributed by atoms with Crippen LogP contribution in [-0.4, -0.2) is 110 Å². The Bertz CT molecular complexity index is 397. The molecule has 2 heterocycles. The Balaban J connectivity index is 2.12. The molecule has 0 unspecified atom stereocenters. The molecule has 0 aromatic carbocycles. The molecule has 12 heteroatoms. The van der Waals surface area contributed by atoms with Crippen molar-refractivity contribution in [1.29, 1.82) is 0 Å². The van der Waals surface area contributed by atoms with E-state index in [2.05, 4.69) is 4.84 Å². The lowest BCUT2D eigenvalue weighted by Gasteiger charge is -2.45. The Morgan fingerprint density at radius 2 is 1.25 bits per heavy atom. The van der Waals surface area contributed by atoms with E-state index in [0.717, 1.165) is 0 Å². The minimum absolute atomic E-state index is 0.647. The lowest BCUT2D eigenvalue weighted by molar-refractivity contribution is -0.360. The number of rotatable bonds is 5. The third-order valence-corrected chi connectivity index (χ3v) is 4.09. The average Bonchev–Trinajstić information content (AvgIpc) is 2.59. The standard InChI is InChI=1S/C12H23NO11/c13-24-12-9(20)7(18)10(4(2-15)22-12)23-11-8(19)6(17)5(16)3(1-14)21-11/h3-12,14-20H,1-2,13H2/t3-,4-,5+,6+,7-,8-,9-,10-,11+,12-/m1/s1. The van der Waals surface area contributed by atoms with E-state index in [1.54, 1.807) is 0 Å². The molecule has 0 aromatic rings. The summed E-state index contributed by atoms with van der Waals surface area (Å²) in [6, 6.07) is 0. The van der Waals surface area contributed by atoms with Crippen LogP contribution in [-0.2, 0) is 19.0 Å². The van der Waals surface area contributed by atoms with Gasteiger partial charge >= 0.3 is 0 Å². The molecule has 2 saturated heterocycles. The minimum atomic E-state index is -1.71. The van der Waals surface area contributed by atoms with Crippen molar-refractivity contribution >= 4 is 0 Å². The molecule has 2 fully saturated rings. The van der Waals surface area contributed by atoms with Gasteiger partial charge in [-0.1, -0.05) is 0 Å². The Labute approximate surface area is 136 Å². The first-order chi connectivity index (χ1) is 11.3. The third kappa shape index (κ3) is 3.70. The van der Waals surface area contributed by atoms with E-state index >= 15 is 0 Å². The van der Waals surface area contributed by atoms with Crippen LogP contribution in [0.4, 0.5) is 0 Å². The summed E-state index contributed by atoms with van der Waals surface area (Å²) < 4.78 is 15.6. The van der Waals surface area contributed by atoms with Crippen molar-refractivity contribution in [2.24, 2.45) is 5.90 Å². The highest BCUT2D eigenvalue weighted by atomic mass is 16.8. The minimum Gasteiger partial charge on any atom is -0.394 e. The van der Waals surface area contributed by atoms with Gasteiger partial charge in [0.15, 0.2) is 6.29 Å². The van der Waals surface area contributed by atoms with E-state index in [4.69, 9.17) is 25.2 Å². The zero-order chi connectivity index (χ0) is 18.0. The summed E-state index contributed by atoms with van der Waals surface area (Å²) in [7, 11) is 0. The first kappa shape index (κ1) is 19.8. The van der Waals surface area contributed by atoms with Crippen LogP contribution in [0.1, 0.15) is 0 Å². The quantitative estimate of drug-likeness (QED) is 0.217. The molecule has 0 amide bonds. The Kier molecular flexibility index (Phi) is 6.83. The first-order valence-electron chi connectivity index (χ1n) is 7.29. The van der Waals surface area contributed by atoms with Gasteiger partial charge in [-0.3, -0.25) is 4.84 Å². The molecule has 0 bridgehead atoms. The van der Waals surface area contributed by atoms with Crippen LogP contribution in [0, 0.1) is 0 Å². The van der Waals surface area contributed by atoms with Crippen molar-refractivity contribution in [3.05, 3.63) is 0 Å². The molecule has 0 saturated carbocycles. The molecule has 2 aliphatic rings. The van der Waals surface area contributed by atoms with Gasteiger partial charge in [0.05, 0.1) is 13.2 Å². The fourth-order valence-electron chi connectivity index (χ4n) is 2.67. The van der Waals surface area contributed by atoms with Gasteiger partial charge in [-0.2, -0.15) is 0 Å². The SMILES string of the molecule is NO[C@H]1O[C@H](CO)[C@@H](O[C@@H]2O[C@H](CO)[C@H](O)[C@H](O)[C@H]2O)[C@H](O)[C@H]1O. The van der Waals surface area contributed by atoms with Crippen LogP contribution >= 0.6 is 0 Å². The Morgan fingerprint density at radius 3 is 1.79 bits per heavy atom. The fourth-order valence-corrected chi connectivity index (χ4v) is 2.67. The first-order valence-corrected chi connectivity index (χ1v) is 7.29. The molecular weight excluding hydrogens is 334 g/mol. The summed E-state index contributed by atoms with van der Waals surface area (Å²) >= 11 is 0. The van der Waals surface area contributed by atoms with Crippen LogP contribution < -0.4 is 5.90 Å². The van der Waals surface area contributed by atoms with Gasteiger partial charge in [0, 0.05) is 0 Å². The summed E-state index contributed by atoms with van der Waals surface area (Å²) in [6.45, 7) is -1.31. The van der Waals surface area contributed by atoms with Crippen molar-refractivity contribution in [1.82, 2.24) is 0 Å². The summed E-state index contributed by atoms with van der Waals surface area (Å²) in [4.78, 5) is 4.35. The average molecular weight is 357 g/mol. The van der Waals surface area contributed by atoms with Crippen LogP contribution in [0.15, 0.2) is 0 Å². The van der Waals surface area contributed by atoms with E-state index in [-0.39, 0.29) is 0 Å². The maximum Gasteiger partial charge on any atom is 0.206 e. The highest BCUT2D eigenvalue weighted by molar-refractivity contribution is 4.93. The fraction of sp³-hybridized carbons (Fsp3) is 1.00. The van der Waals surface area contributed by atoms with Gasteiger partial charge in [0.2, 0.25) is 6.29 Å². The van der Waals surface area contributed by atoms with E-state index in [1.807, 2.05) is 0 Å². The maximum atomic E-state index is 10.1. The van der Waals surface area contributed by atoms with Gasteiger partial charge in [-0.15, -0.1) is 0 Å². The largest absolute Gasteiger partial charge is 0.394 e. The van der Waals surface area contributed by atoms with Gasteiger partial charge in [-0.05, 0) is 0 Å². The Hall–Kier alpha value is -0.480. The summed E-state index contributed by atoms with van der Waals surface area (Å²) in [5.41, 5.74) is 0. The second kappa shape index (κ2) is 8.27. The number of hydrogen-bond donors (Lipinski definition) is 8. The second-order valence-corrected chi connectivity index (χ2v) is 5.64. The maximum absolute atomic E-state index is 10.1. The summed E-state index contributed by atoms with van der Waals surface area (Å²) in [5.74, 6) is 4.92. The van der Waals surface area contributed by atoms with Gasteiger partial charge in [0.1, 0.15) is 48.8 Å². The van der Waals surface area contributed by atoms with Gasteiger partial charge in [0.25, 0.3) is 0 Å². The molecule has 12 nitrogen and oxygen atoms in total. The second-order valence-electron chi connectivity index (χ2n) is 5.64. The molecule has 2 rings (SSSR count). The van der Waals surface area contributed by atoms with Crippen molar-refractivity contribution in [3.8, 4) is 0 Å². The molecule has 0 radical (unpaired) electrons. The smallest absolute Gasteiger partial charge is 0.206 e. The molecule has 9 N–H and O–H groups in total. The molecule has 142 valence electrons. The van der Waals surface area contributed by atoms with Gasteiger partial charge < -0.3 is 50.0 Å². The summed E-state index contributed by atoms with van der Waals surface area (Å²) in [5, 5.41) is 67.8. The number of aliphatic hydroxyl groups is 7. The molecule has 10 atom stereocenters. The number of ether oxygens (including phenoxy) is 3. The molecular formula is C12H23NO11. The molecule has 0 aliphatic carbocycles. The number of nitrogens with two attached hydrogens (primary N) is 1. The monoisotopic (exact) mass is 357 g/mol. The molecule has 0 spiro atoms. The summed E-state index contributed by atoms with van der Waals surface area (Å²) in [6.07, 6.45) is -15.0. The van der Waals surface area contributed by atoms with E-state index in [0.29, 0.717) is 0 Å². The molecule has 24 heavy (non-hydrogen) atoms. The lowest BCUT2D eigenvalue weighted by Crippen LogP contribution is -2.64. The highest BCUT2D eigenvalue weighted by Crippen LogP contribution is 2.28. The normalized spacial score (nSPS) is 50.0. The van der Waals surface area contributed by atoms with Crippen LogP contribution in [0.2, 0.25) is 0 Å². The van der Waals surface area contributed by atoms with Crippen LogP contribution in [0.25, 0.3) is 0 Å². The van der Waals surface area contributed by atoms with Crippen molar-refractivity contribution < 1.29 is 54.8 Å². The topological polar surface area (TPSA) is 205 Å². The predicted molar refractivity (Wildman–Crippen MR) is 71.7 cm³/mol. The zero-order valence-electron chi connectivity index (χ0n) is 12.5. The number of aliphatic hydroxyl groups excluding tert-OH is 7. The van der Waals surface area contributed by atoms with E-state index in [9.17, 15) is 30.6 Å².